The van der Waals surface area contributed by atoms with Crippen molar-refractivity contribution >= 4 is 17.6 Å². The maximum atomic E-state index is 13.4. The minimum Gasteiger partial charge on any atom is -0.478 e. The van der Waals surface area contributed by atoms with E-state index in [1.807, 2.05) is 0 Å². The molecule has 0 spiro atoms. The van der Waals surface area contributed by atoms with Gasteiger partial charge in [-0.2, -0.15) is 0 Å². The van der Waals surface area contributed by atoms with Gasteiger partial charge in [-0.05, 0) is 37.6 Å². The minimum absolute atomic E-state index is 0.231. The smallest absolute Gasteiger partial charge is 0.338 e. The van der Waals surface area contributed by atoms with E-state index in [0.717, 1.165) is 18.6 Å². The fraction of sp³-hybridized carbons (Fsp3) is 0.385. The van der Waals surface area contributed by atoms with Crippen molar-refractivity contribution in [3.63, 3.8) is 0 Å². The predicted molar refractivity (Wildman–Crippen MR) is 69.4 cm³/mol. The largest absolute Gasteiger partial charge is 0.478 e. The summed E-state index contributed by atoms with van der Waals surface area (Å²) in [6.07, 6.45) is 1.39. The molecule has 0 saturated carbocycles. The highest BCUT2D eigenvalue weighted by atomic mass is 19.1. The lowest BCUT2D eigenvalue weighted by molar-refractivity contribution is -0.119. The van der Waals surface area contributed by atoms with E-state index >= 15 is 0 Å². The summed E-state index contributed by atoms with van der Waals surface area (Å²) in [4.78, 5) is 22.4. The summed E-state index contributed by atoms with van der Waals surface area (Å²) < 4.78 is 13.4. The van der Waals surface area contributed by atoms with Crippen LogP contribution in [0.1, 0.15) is 30.1 Å². The summed E-state index contributed by atoms with van der Waals surface area (Å²) in [7, 11) is 0. The van der Waals surface area contributed by atoms with Crippen LogP contribution in [0.3, 0.4) is 0 Å². The highest BCUT2D eigenvalue weighted by molar-refractivity contribution is 5.93. The molecule has 19 heavy (non-hydrogen) atoms. The first-order valence-electron chi connectivity index (χ1n) is 5.99. The number of carboxylic acids is 1. The molecule has 1 aromatic carbocycles. The SMILES string of the molecule is CC(CCCN)C(=O)Nc1ccc(C(=O)O)c(F)c1. The number of nitrogens with one attached hydrogen (secondary N) is 1. The molecule has 0 aliphatic carbocycles. The summed E-state index contributed by atoms with van der Waals surface area (Å²) in [5.74, 6) is -2.69. The van der Waals surface area contributed by atoms with Crippen molar-refractivity contribution in [2.45, 2.75) is 19.8 Å². The molecule has 1 aromatic rings. The van der Waals surface area contributed by atoms with Crippen LogP contribution < -0.4 is 11.1 Å². The van der Waals surface area contributed by atoms with Crippen molar-refractivity contribution in [3.05, 3.63) is 29.6 Å². The van der Waals surface area contributed by atoms with Crippen molar-refractivity contribution in [2.75, 3.05) is 11.9 Å². The molecular weight excluding hydrogens is 251 g/mol. The molecule has 0 saturated heterocycles. The molecule has 0 aromatic heterocycles. The van der Waals surface area contributed by atoms with Gasteiger partial charge in [-0.15, -0.1) is 0 Å². The molecule has 6 heteroatoms. The lowest BCUT2D eigenvalue weighted by Gasteiger charge is -2.12. The number of rotatable bonds is 6. The Balaban J connectivity index is 2.70. The topological polar surface area (TPSA) is 92.4 Å². The summed E-state index contributed by atoms with van der Waals surface area (Å²) in [5, 5.41) is 11.2. The van der Waals surface area contributed by atoms with Gasteiger partial charge in [-0.3, -0.25) is 4.79 Å². The number of carbonyl (C=O) groups is 2. The molecule has 0 aliphatic rings. The van der Waals surface area contributed by atoms with E-state index in [-0.39, 0.29) is 17.5 Å². The van der Waals surface area contributed by atoms with Crippen LogP contribution >= 0.6 is 0 Å². The fourth-order valence-electron chi connectivity index (χ4n) is 1.59. The normalized spacial score (nSPS) is 11.9. The summed E-state index contributed by atoms with van der Waals surface area (Å²) >= 11 is 0. The van der Waals surface area contributed by atoms with Crippen molar-refractivity contribution in [1.29, 1.82) is 0 Å². The van der Waals surface area contributed by atoms with Crippen LogP contribution in [0.25, 0.3) is 0 Å². The maximum absolute atomic E-state index is 13.4. The number of carboxylic acid groups (broad SMARTS) is 1. The third kappa shape index (κ3) is 4.33. The number of anilines is 1. The minimum atomic E-state index is -1.34. The quantitative estimate of drug-likeness (QED) is 0.734. The molecule has 0 radical (unpaired) electrons. The lowest BCUT2D eigenvalue weighted by atomic mass is 10.0. The van der Waals surface area contributed by atoms with Crippen molar-refractivity contribution in [1.82, 2.24) is 0 Å². The van der Waals surface area contributed by atoms with Gasteiger partial charge in [0.25, 0.3) is 0 Å². The Labute approximate surface area is 110 Å². The van der Waals surface area contributed by atoms with Crippen LogP contribution in [0.5, 0.6) is 0 Å². The molecule has 0 heterocycles. The van der Waals surface area contributed by atoms with Gasteiger partial charge in [0.2, 0.25) is 5.91 Å². The molecule has 1 amide bonds. The monoisotopic (exact) mass is 268 g/mol. The first kappa shape index (κ1) is 15.1. The Hall–Kier alpha value is -1.95. The Morgan fingerprint density at radius 3 is 2.68 bits per heavy atom. The Kier molecular flexibility index (Phi) is 5.44. The standard InChI is InChI=1S/C13H17FN2O3/c1-8(3-2-6-15)12(17)16-9-4-5-10(13(18)19)11(14)7-9/h4-5,7-8H,2-3,6,15H2,1H3,(H,16,17)(H,18,19). The second-order valence-electron chi connectivity index (χ2n) is 4.32. The van der Waals surface area contributed by atoms with Gasteiger partial charge < -0.3 is 16.2 Å². The molecule has 1 unspecified atom stereocenters. The summed E-state index contributed by atoms with van der Waals surface area (Å²) in [6, 6.07) is 3.48. The number of halogens is 1. The number of carbonyl (C=O) groups excluding carboxylic acids is 1. The maximum Gasteiger partial charge on any atom is 0.338 e. The van der Waals surface area contributed by atoms with Crippen molar-refractivity contribution < 1.29 is 19.1 Å². The predicted octanol–water partition coefficient (Wildman–Crippen LogP) is 1.84. The third-order valence-corrected chi connectivity index (χ3v) is 2.76. The molecule has 4 N–H and O–H groups in total. The molecule has 5 nitrogen and oxygen atoms in total. The van der Waals surface area contributed by atoms with Gasteiger partial charge in [-0.1, -0.05) is 6.92 Å². The van der Waals surface area contributed by atoms with Gasteiger partial charge in [0.1, 0.15) is 5.82 Å². The zero-order valence-electron chi connectivity index (χ0n) is 10.6. The number of hydrogen-bond acceptors (Lipinski definition) is 3. The van der Waals surface area contributed by atoms with Crippen LogP contribution in [-0.2, 0) is 4.79 Å². The third-order valence-electron chi connectivity index (χ3n) is 2.76. The fourth-order valence-corrected chi connectivity index (χ4v) is 1.59. The van der Waals surface area contributed by atoms with Crippen LogP contribution in [0.2, 0.25) is 0 Å². The van der Waals surface area contributed by atoms with Crippen LogP contribution in [0.4, 0.5) is 10.1 Å². The summed E-state index contributed by atoms with van der Waals surface area (Å²) in [5.41, 5.74) is 5.18. The highest BCUT2D eigenvalue weighted by Crippen LogP contribution is 2.16. The van der Waals surface area contributed by atoms with Crippen LogP contribution in [-0.4, -0.2) is 23.5 Å². The molecule has 1 atom stereocenters. The highest BCUT2D eigenvalue weighted by Gasteiger charge is 2.15. The Morgan fingerprint density at radius 1 is 1.47 bits per heavy atom. The van der Waals surface area contributed by atoms with Gasteiger partial charge in [-0.25, -0.2) is 9.18 Å². The van der Waals surface area contributed by atoms with Gasteiger partial charge in [0.05, 0.1) is 5.56 Å². The van der Waals surface area contributed by atoms with E-state index < -0.39 is 17.3 Å². The number of hydrogen-bond donors (Lipinski definition) is 3. The van der Waals surface area contributed by atoms with Crippen molar-refractivity contribution in [2.24, 2.45) is 11.7 Å². The Bertz CT molecular complexity index is 477. The zero-order chi connectivity index (χ0) is 14.4. The molecule has 104 valence electrons. The van der Waals surface area contributed by atoms with Crippen LogP contribution in [0, 0.1) is 11.7 Å². The van der Waals surface area contributed by atoms with E-state index in [2.05, 4.69) is 5.32 Å². The van der Waals surface area contributed by atoms with Gasteiger partial charge in [0, 0.05) is 11.6 Å². The summed E-state index contributed by atoms with van der Waals surface area (Å²) in [6.45, 7) is 2.27. The average Bonchev–Trinajstić information content (AvgIpc) is 2.35. The van der Waals surface area contributed by atoms with Crippen LogP contribution in [0.15, 0.2) is 18.2 Å². The molecule has 0 fully saturated rings. The number of benzene rings is 1. The van der Waals surface area contributed by atoms with E-state index in [0.29, 0.717) is 13.0 Å². The average molecular weight is 268 g/mol. The Morgan fingerprint density at radius 2 is 2.16 bits per heavy atom. The van der Waals surface area contributed by atoms with E-state index in [1.165, 1.54) is 6.07 Å². The molecule has 0 aliphatic heterocycles. The second kappa shape index (κ2) is 6.84. The number of amides is 1. The van der Waals surface area contributed by atoms with Gasteiger partial charge >= 0.3 is 5.97 Å². The first-order valence-corrected chi connectivity index (χ1v) is 5.99. The number of aromatic carboxylic acids is 1. The second-order valence-corrected chi connectivity index (χ2v) is 4.32. The zero-order valence-corrected chi connectivity index (χ0v) is 10.6. The molecule has 0 bridgehead atoms. The molecular formula is C13H17FN2O3. The van der Waals surface area contributed by atoms with Gasteiger partial charge in [0.15, 0.2) is 0 Å². The number of nitrogens with two attached hydrogens (primary N) is 1. The molecule has 1 rings (SSSR count). The van der Waals surface area contributed by atoms with Crippen molar-refractivity contribution in [3.8, 4) is 0 Å². The first-order chi connectivity index (χ1) is 8.95. The van der Waals surface area contributed by atoms with E-state index in [1.54, 1.807) is 6.92 Å². The van der Waals surface area contributed by atoms with E-state index in [4.69, 9.17) is 10.8 Å². The lowest BCUT2D eigenvalue weighted by Crippen LogP contribution is -2.21. The van der Waals surface area contributed by atoms with E-state index in [9.17, 15) is 14.0 Å².